The van der Waals surface area contributed by atoms with Crippen LogP contribution < -0.4 is 5.32 Å². The number of piperazine rings is 1. The molecular weight excluding hydrogens is 310 g/mol. The van der Waals surface area contributed by atoms with Crippen molar-refractivity contribution < 1.29 is 20.0 Å². The minimum Gasteiger partial charge on any atom is -0.444 e. The van der Waals surface area contributed by atoms with E-state index >= 15 is 0 Å². The maximum absolute atomic E-state index is 12.4. The summed E-state index contributed by atoms with van der Waals surface area (Å²) in [6.07, 6.45) is 4.09. The highest BCUT2D eigenvalue weighted by atomic mass is 16.6. The Labute approximate surface area is 141 Å². The molecule has 8 nitrogen and oxygen atoms in total. The first kappa shape index (κ1) is 18.2. The molecule has 1 amide bonds. The molecule has 1 saturated heterocycles. The number of ether oxygens (including phenoxy) is 1. The monoisotopic (exact) mass is 336 g/mol. The van der Waals surface area contributed by atoms with Crippen molar-refractivity contribution in [2.75, 3.05) is 13.1 Å². The van der Waals surface area contributed by atoms with Crippen LogP contribution in [0.1, 0.15) is 33.3 Å². The Morgan fingerprint density at radius 2 is 2.29 bits per heavy atom. The van der Waals surface area contributed by atoms with E-state index in [1.807, 2.05) is 33.0 Å². The van der Waals surface area contributed by atoms with E-state index in [1.54, 1.807) is 22.0 Å². The smallest absolute Gasteiger partial charge is 0.411 e. The summed E-state index contributed by atoms with van der Waals surface area (Å²) in [7, 11) is 0. The molecule has 1 aromatic rings. The molecule has 0 aliphatic carbocycles. The highest BCUT2D eigenvalue weighted by Crippen LogP contribution is 2.16. The summed E-state index contributed by atoms with van der Waals surface area (Å²) in [5, 5.41) is 23.1. The fourth-order valence-corrected chi connectivity index (χ4v) is 2.47. The van der Waals surface area contributed by atoms with E-state index in [1.165, 1.54) is 6.21 Å². The minimum absolute atomic E-state index is 0.0289. The lowest BCUT2D eigenvalue weighted by molar-refractivity contribution is -0.620. The Kier molecular flexibility index (Phi) is 5.40. The molecule has 2 rings (SSSR count). The van der Waals surface area contributed by atoms with E-state index in [-0.39, 0.29) is 18.7 Å². The van der Waals surface area contributed by atoms with Gasteiger partial charge in [0.15, 0.2) is 5.70 Å². The molecule has 0 radical (unpaired) electrons. The summed E-state index contributed by atoms with van der Waals surface area (Å²) in [5.74, 6) is 0. The van der Waals surface area contributed by atoms with Gasteiger partial charge in [-0.15, -0.1) is 0 Å². The molecule has 0 aromatic carbocycles. The third kappa shape index (κ3) is 4.21. The Balaban J connectivity index is 2.26. The summed E-state index contributed by atoms with van der Waals surface area (Å²) < 4.78 is 7.02. The first-order valence-electron chi connectivity index (χ1n) is 7.96. The van der Waals surface area contributed by atoms with Crippen LogP contribution in [0.5, 0.6) is 0 Å². The summed E-state index contributed by atoms with van der Waals surface area (Å²) >= 11 is 0. The molecule has 1 atom stereocenters. The molecule has 1 unspecified atom stereocenters. The SMILES string of the molecule is CC1C[NH2+]C(=C(C=N)n2cc(CO)cn2)CN1C(=O)OC(C)(C)C. The quantitative estimate of drug-likeness (QED) is 0.694. The van der Waals surface area contributed by atoms with Crippen molar-refractivity contribution in [2.45, 2.75) is 45.9 Å². The lowest BCUT2D eigenvalue weighted by Crippen LogP contribution is -2.90. The molecule has 1 aliphatic heterocycles. The predicted octanol–water partition coefficient (Wildman–Crippen LogP) is 0.396. The van der Waals surface area contributed by atoms with E-state index < -0.39 is 5.60 Å². The average molecular weight is 336 g/mol. The fraction of sp³-hybridized carbons (Fsp3) is 0.562. The Morgan fingerprint density at radius 3 is 2.83 bits per heavy atom. The zero-order chi connectivity index (χ0) is 17.9. The topological polar surface area (TPSA) is 108 Å². The van der Waals surface area contributed by atoms with E-state index in [4.69, 9.17) is 15.3 Å². The van der Waals surface area contributed by atoms with Crippen LogP contribution in [0, 0.1) is 5.41 Å². The van der Waals surface area contributed by atoms with Crippen LogP contribution in [0.2, 0.25) is 0 Å². The van der Waals surface area contributed by atoms with Crippen LogP contribution >= 0.6 is 0 Å². The maximum Gasteiger partial charge on any atom is 0.411 e. The standard InChI is InChI=1S/C16H25N5O3/c1-11-6-18-13(9-20(11)15(23)24-16(2,3)4)14(5-17)21-8-12(10-22)7-19-21/h5,7-8,11,17-18,22H,6,9-10H2,1-4H3/p+1. The maximum atomic E-state index is 12.4. The van der Waals surface area contributed by atoms with Crippen LogP contribution in [0.25, 0.3) is 5.70 Å². The Hall–Kier alpha value is -2.19. The third-order valence-corrected chi connectivity index (χ3v) is 3.74. The number of carbonyl (C=O) groups is 1. The minimum atomic E-state index is -0.551. The molecule has 1 aromatic heterocycles. The van der Waals surface area contributed by atoms with E-state index in [2.05, 4.69) is 5.10 Å². The number of nitrogens with one attached hydrogen (secondary N) is 1. The van der Waals surface area contributed by atoms with Gasteiger partial charge in [0.2, 0.25) is 0 Å². The number of aliphatic hydroxyl groups is 1. The van der Waals surface area contributed by atoms with Gasteiger partial charge in [-0.05, 0) is 27.7 Å². The van der Waals surface area contributed by atoms with Crippen molar-refractivity contribution >= 4 is 18.0 Å². The zero-order valence-electron chi connectivity index (χ0n) is 14.6. The van der Waals surface area contributed by atoms with Crippen LogP contribution in [0.4, 0.5) is 4.79 Å². The second-order valence-corrected chi connectivity index (χ2v) is 6.90. The van der Waals surface area contributed by atoms with Crippen molar-refractivity contribution in [3.05, 3.63) is 23.7 Å². The number of aliphatic hydroxyl groups excluding tert-OH is 1. The second kappa shape index (κ2) is 7.14. The van der Waals surface area contributed by atoms with Crippen LogP contribution in [-0.2, 0) is 11.3 Å². The van der Waals surface area contributed by atoms with Gasteiger partial charge in [0.25, 0.3) is 0 Å². The summed E-state index contributed by atoms with van der Waals surface area (Å²) in [6.45, 7) is 8.42. The van der Waals surface area contributed by atoms with Crippen molar-refractivity contribution in [3.8, 4) is 0 Å². The molecule has 132 valence electrons. The number of nitrogens with zero attached hydrogens (tertiary/aromatic N) is 3. The van der Waals surface area contributed by atoms with Gasteiger partial charge in [0.05, 0.1) is 18.8 Å². The van der Waals surface area contributed by atoms with E-state index in [9.17, 15) is 4.79 Å². The van der Waals surface area contributed by atoms with Gasteiger partial charge in [0, 0.05) is 18.0 Å². The number of allylic oxidation sites excluding steroid dienone is 1. The number of aromatic nitrogens is 2. The van der Waals surface area contributed by atoms with E-state index in [0.29, 0.717) is 24.4 Å². The second-order valence-electron chi connectivity index (χ2n) is 6.90. The van der Waals surface area contributed by atoms with Gasteiger partial charge in [-0.3, -0.25) is 4.90 Å². The molecule has 24 heavy (non-hydrogen) atoms. The number of amides is 1. The van der Waals surface area contributed by atoms with Crippen molar-refractivity contribution in [3.63, 3.8) is 0 Å². The first-order chi connectivity index (χ1) is 11.2. The number of carbonyl (C=O) groups excluding carboxylic acids is 1. The van der Waals surface area contributed by atoms with E-state index in [0.717, 1.165) is 5.70 Å². The molecule has 1 aliphatic rings. The normalized spacial score (nSPS) is 20.7. The first-order valence-corrected chi connectivity index (χ1v) is 7.96. The number of hydrogen-bond donors (Lipinski definition) is 3. The third-order valence-electron chi connectivity index (χ3n) is 3.74. The van der Waals surface area contributed by atoms with Crippen molar-refractivity contribution in [1.82, 2.24) is 14.7 Å². The van der Waals surface area contributed by atoms with Crippen LogP contribution in [-0.4, -0.2) is 56.8 Å². The van der Waals surface area contributed by atoms with Crippen molar-refractivity contribution in [2.24, 2.45) is 0 Å². The fourth-order valence-electron chi connectivity index (χ4n) is 2.47. The molecule has 0 spiro atoms. The molecule has 8 heteroatoms. The highest BCUT2D eigenvalue weighted by Gasteiger charge is 2.33. The molecular formula is C16H26N5O3+. The number of quaternary nitrogens is 1. The lowest BCUT2D eigenvalue weighted by atomic mass is 10.1. The molecule has 0 bridgehead atoms. The molecule has 1 fully saturated rings. The van der Waals surface area contributed by atoms with Gasteiger partial charge in [0.1, 0.15) is 24.4 Å². The predicted molar refractivity (Wildman–Crippen MR) is 89.3 cm³/mol. The van der Waals surface area contributed by atoms with Crippen LogP contribution in [0.3, 0.4) is 0 Å². The van der Waals surface area contributed by atoms with Gasteiger partial charge >= 0.3 is 6.09 Å². The number of hydrogen-bond acceptors (Lipinski definition) is 5. The number of nitrogens with two attached hydrogens (primary N) is 1. The number of rotatable bonds is 3. The molecule has 4 N–H and O–H groups in total. The molecule has 2 heterocycles. The zero-order valence-corrected chi connectivity index (χ0v) is 14.6. The van der Waals surface area contributed by atoms with Gasteiger partial charge < -0.3 is 20.6 Å². The molecule has 0 saturated carbocycles. The Morgan fingerprint density at radius 1 is 1.58 bits per heavy atom. The van der Waals surface area contributed by atoms with Crippen molar-refractivity contribution in [1.29, 1.82) is 5.41 Å². The van der Waals surface area contributed by atoms with Gasteiger partial charge in [-0.25, -0.2) is 9.48 Å². The highest BCUT2D eigenvalue weighted by molar-refractivity contribution is 6.01. The van der Waals surface area contributed by atoms with Gasteiger partial charge in [-0.1, -0.05) is 0 Å². The Bertz CT molecular complexity index is 644. The summed E-state index contributed by atoms with van der Waals surface area (Å²) in [6, 6.07) is 0.0289. The lowest BCUT2D eigenvalue weighted by Gasteiger charge is -2.34. The largest absolute Gasteiger partial charge is 0.444 e. The summed E-state index contributed by atoms with van der Waals surface area (Å²) in [4.78, 5) is 14.1. The van der Waals surface area contributed by atoms with Gasteiger partial charge in [-0.2, -0.15) is 5.10 Å². The van der Waals surface area contributed by atoms with Crippen LogP contribution in [0.15, 0.2) is 18.1 Å². The average Bonchev–Trinajstić information content (AvgIpc) is 2.96. The summed E-state index contributed by atoms with van der Waals surface area (Å²) in [5.41, 5.74) is 1.53.